The Bertz CT molecular complexity index is 1180. The molecule has 0 rings (SSSR count). The Morgan fingerprint density at radius 3 is 1.45 bits per heavy atom. The molecule has 0 aromatic rings. The summed E-state index contributed by atoms with van der Waals surface area (Å²) >= 11 is 0. The van der Waals surface area contributed by atoms with E-state index < -0.39 is 18.1 Å². The number of carboxylic acid groups (broad SMARTS) is 1. The van der Waals surface area contributed by atoms with Crippen molar-refractivity contribution in [1.29, 1.82) is 0 Å². The van der Waals surface area contributed by atoms with E-state index in [1.54, 1.807) is 21.1 Å². The first-order chi connectivity index (χ1) is 28.1. The Balaban J connectivity index is 4.30. The summed E-state index contributed by atoms with van der Waals surface area (Å²) in [6.45, 7) is 4.48. The second-order valence-electron chi connectivity index (χ2n) is 16.3. The molecule has 0 aliphatic heterocycles. The fourth-order valence-electron chi connectivity index (χ4n) is 6.25. The Kier molecular flexibility index (Phi) is 38.3. The van der Waals surface area contributed by atoms with Gasteiger partial charge in [-0.05, 0) is 77.0 Å². The van der Waals surface area contributed by atoms with Gasteiger partial charge in [0.05, 0.1) is 40.3 Å². The van der Waals surface area contributed by atoms with E-state index in [0.29, 0.717) is 12.8 Å². The first-order valence-electron chi connectivity index (χ1n) is 23.0. The Hall–Kier alpha value is -3.23. The highest BCUT2D eigenvalue weighted by Gasteiger charge is 2.25. The van der Waals surface area contributed by atoms with Crippen molar-refractivity contribution in [3.05, 3.63) is 72.9 Å². The number of aliphatic carboxylic acids is 1. The molecule has 2 unspecified atom stereocenters. The molecule has 0 aromatic carbocycles. The van der Waals surface area contributed by atoms with Crippen molar-refractivity contribution in [2.75, 3.05) is 41.0 Å². The third kappa shape index (κ3) is 38.3. The normalized spacial score (nSPS) is 13.6. The van der Waals surface area contributed by atoms with Gasteiger partial charge in [-0.1, -0.05) is 151 Å². The number of hydrogen-bond donors (Lipinski definition) is 0. The molecular formula is C50H85NO7. The summed E-state index contributed by atoms with van der Waals surface area (Å²) in [6.07, 6.45) is 50.7. The lowest BCUT2D eigenvalue weighted by Gasteiger charge is -2.34. The molecule has 0 N–H and O–H groups in total. The van der Waals surface area contributed by atoms with E-state index in [2.05, 4.69) is 86.8 Å². The number of rotatable bonds is 40. The van der Waals surface area contributed by atoms with Gasteiger partial charge >= 0.3 is 11.9 Å². The largest absolute Gasteiger partial charge is 0.544 e. The van der Waals surface area contributed by atoms with Crippen molar-refractivity contribution in [2.45, 2.75) is 187 Å². The zero-order valence-electron chi connectivity index (χ0n) is 37.7. The Morgan fingerprint density at radius 1 is 0.534 bits per heavy atom. The maximum Gasteiger partial charge on any atom is 0.306 e. The predicted octanol–water partition coefficient (Wildman–Crippen LogP) is 11.4. The number of quaternary nitrogens is 1. The van der Waals surface area contributed by atoms with Crippen LogP contribution in [0.4, 0.5) is 0 Å². The zero-order chi connectivity index (χ0) is 42.8. The van der Waals surface area contributed by atoms with Crippen LogP contribution in [0, 0.1) is 0 Å². The molecule has 332 valence electrons. The molecule has 2 atom stereocenters. The van der Waals surface area contributed by atoms with Crippen LogP contribution in [0.5, 0.6) is 0 Å². The molecule has 0 bridgehead atoms. The van der Waals surface area contributed by atoms with Gasteiger partial charge in [0.2, 0.25) is 0 Å². The van der Waals surface area contributed by atoms with Gasteiger partial charge < -0.3 is 28.6 Å². The number of allylic oxidation sites excluding steroid dienone is 12. The average molecular weight is 812 g/mol. The van der Waals surface area contributed by atoms with Crippen molar-refractivity contribution in [3.8, 4) is 0 Å². The minimum absolute atomic E-state index is 0.0302. The van der Waals surface area contributed by atoms with Crippen LogP contribution in [-0.4, -0.2) is 75.5 Å². The number of carboxylic acids is 1. The number of unbranched alkanes of at least 4 members (excludes halogenated alkanes) is 14. The van der Waals surface area contributed by atoms with Crippen LogP contribution < -0.4 is 5.11 Å². The molecule has 8 nitrogen and oxygen atoms in total. The maximum atomic E-state index is 12.7. The summed E-state index contributed by atoms with van der Waals surface area (Å²) in [4.78, 5) is 36.8. The SMILES string of the molecule is CC/C=C/C/C=C/C/C=C/C/C=C/C/C=C/CCCCCCCCCC(=O)OC(COCCC(C(=O)[O-])[N+](C)(C)C)COC(=O)CCCCCCC/C=C/CCCC. The highest BCUT2D eigenvalue weighted by Crippen LogP contribution is 2.13. The fraction of sp³-hybridized carbons (Fsp3) is 0.700. The Morgan fingerprint density at radius 2 is 0.966 bits per heavy atom. The van der Waals surface area contributed by atoms with Gasteiger partial charge in [-0.2, -0.15) is 0 Å². The molecule has 8 heteroatoms. The van der Waals surface area contributed by atoms with Crippen LogP contribution in [0.1, 0.15) is 174 Å². The molecule has 0 aliphatic carbocycles. The maximum absolute atomic E-state index is 12.7. The average Bonchev–Trinajstić information content (AvgIpc) is 3.18. The van der Waals surface area contributed by atoms with Gasteiger partial charge in [0.1, 0.15) is 12.6 Å². The van der Waals surface area contributed by atoms with E-state index in [1.807, 2.05) is 0 Å². The van der Waals surface area contributed by atoms with E-state index in [0.717, 1.165) is 96.3 Å². The highest BCUT2D eigenvalue weighted by molar-refractivity contribution is 5.70. The standard InChI is InChI=1S/C50H85NO7/c1-6-8-10-12-14-16-18-19-20-21-22-23-24-25-26-27-28-29-31-33-35-37-39-41-49(53)58-46(44-56-43-42-47(50(54)55)51(3,4)5)45-57-48(52)40-38-36-34-32-30-17-15-13-11-9-7-2/h8,10,13-16,19-20,22-23,25-26,46-47H,6-7,9,11-12,17-18,21,24,27-45H2,1-5H3/b10-8+,15-13+,16-14+,20-19+,23-22+,26-25+. The van der Waals surface area contributed by atoms with Gasteiger partial charge in [-0.3, -0.25) is 9.59 Å². The second-order valence-corrected chi connectivity index (χ2v) is 16.3. The molecule has 0 spiro atoms. The van der Waals surface area contributed by atoms with Crippen LogP contribution in [0.15, 0.2) is 72.9 Å². The molecule has 0 aromatic heterocycles. The topological polar surface area (TPSA) is 102 Å². The van der Waals surface area contributed by atoms with Gasteiger partial charge in [0.25, 0.3) is 0 Å². The predicted molar refractivity (Wildman–Crippen MR) is 240 cm³/mol. The summed E-state index contributed by atoms with van der Waals surface area (Å²) in [7, 11) is 5.39. The first-order valence-corrected chi connectivity index (χ1v) is 23.0. The molecule has 58 heavy (non-hydrogen) atoms. The van der Waals surface area contributed by atoms with E-state index in [-0.39, 0.29) is 42.7 Å². The number of nitrogens with zero attached hydrogens (tertiary/aromatic N) is 1. The van der Waals surface area contributed by atoms with Crippen LogP contribution >= 0.6 is 0 Å². The molecule has 0 fully saturated rings. The summed E-state index contributed by atoms with van der Waals surface area (Å²) < 4.78 is 17.1. The third-order valence-corrected chi connectivity index (χ3v) is 9.83. The van der Waals surface area contributed by atoms with Crippen molar-refractivity contribution in [3.63, 3.8) is 0 Å². The highest BCUT2D eigenvalue weighted by atomic mass is 16.6. The quantitative estimate of drug-likeness (QED) is 0.0263. The van der Waals surface area contributed by atoms with Crippen molar-refractivity contribution in [1.82, 2.24) is 0 Å². The molecule has 0 heterocycles. The molecule has 0 amide bonds. The molecule has 0 saturated heterocycles. The molecular weight excluding hydrogens is 727 g/mol. The van der Waals surface area contributed by atoms with Gasteiger partial charge in [-0.25, -0.2) is 0 Å². The van der Waals surface area contributed by atoms with Crippen LogP contribution in [0.2, 0.25) is 0 Å². The minimum atomic E-state index is -1.13. The smallest absolute Gasteiger partial charge is 0.306 e. The number of ether oxygens (including phenoxy) is 3. The fourth-order valence-corrected chi connectivity index (χ4v) is 6.25. The second kappa shape index (κ2) is 40.5. The number of hydrogen-bond acceptors (Lipinski definition) is 7. The summed E-state index contributed by atoms with van der Waals surface area (Å²) in [5.74, 6) is -1.77. The van der Waals surface area contributed by atoms with Crippen molar-refractivity contribution < 1.29 is 38.2 Å². The number of carbonyl (C=O) groups is 3. The van der Waals surface area contributed by atoms with Crippen LogP contribution in [0.3, 0.4) is 0 Å². The lowest BCUT2D eigenvalue weighted by Crippen LogP contribution is -2.55. The van der Waals surface area contributed by atoms with Gasteiger partial charge in [0.15, 0.2) is 6.10 Å². The van der Waals surface area contributed by atoms with E-state index >= 15 is 0 Å². The Labute approximate surface area is 355 Å². The van der Waals surface area contributed by atoms with E-state index in [1.165, 1.54) is 44.9 Å². The van der Waals surface area contributed by atoms with Crippen molar-refractivity contribution in [2.24, 2.45) is 0 Å². The van der Waals surface area contributed by atoms with Crippen LogP contribution in [-0.2, 0) is 28.6 Å². The molecule has 0 saturated carbocycles. The summed E-state index contributed by atoms with van der Waals surface area (Å²) in [6, 6.07) is -0.731. The lowest BCUT2D eigenvalue weighted by molar-refractivity contribution is -0.889. The van der Waals surface area contributed by atoms with Gasteiger partial charge in [-0.15, -0.1) is 0 Å². The lowest BCUT2D eigenvalue weighted by atomic mass is 10.1. The molecule has 0 radical (unpaired) electrons. The number of esters is 2. The van der Waals surface area contributed by atoms with Crippen LogP contribution in [0.25, 0.3) is 0 Å². The monoisotopic (exact) mass is 812 g/mol. The van der Waals surface area contributed by atoms with Gasteiger partial charge in [0, 0.05) is 19.3 Å². The minimum Gasteiger partial charge on any atom is -0.544 e. The number of carbonyl (C=O) groups excluding carboxylic acids is 3. The summed E-state index contributed by atoms with van der Waals surface area (Å²) in [5, 5.41) is 11.6. The number of likely N-dealkylation sites (N-methyl/N-ethyl adjacent to an activating group) is 1. The third-order valence-electron chi connectivity index (χ3n) is 9.83. The summed E-state index contributed by atoms with van der Waals surface area (Å²) in [5.41, 5.74) is 0. The molecule has 0 aliphatic rings. The van der Waals surface area contributed by atoms with E-state index in [9.17, 15) is 19.5 Å². The zero-order valence-corrected chi connectivity index (χ0v) is 37.7. The van der Waals surface area contributed by atoms with E-state index in [4.69, 9.17) is 14.2 Å². The first kappa shape index (κ1) is 54.8. The van der Waals surface area contributed by atoms with Crippen molar-refractivity contribution >= 4 is 17.9 Å².